The van der Waals surface area contributed by atoms with E-state index in [4.69, 9.17) is 10.5 Å². The first kappa shape index (κ1) is 20.9. The third kappa shape index (κ3) is 4.29. The van der Waals surface area contributed by atoms with Crippen molar-refractivity contribution >= 4 is 18.3 Å². The number of benzene rings is 1. The van der Waals surface area contributed by atoms with Gasteiger partial charge in [-0.15, -0.1) is 12.4 Å². The van der Waals surface area contributed by atoms with Crippen LogP contribution in [0.1, 0.15) is 58.1 Å². The molecule has 3 unspecified atom stereocenters. The van der Waals surface area contributed by atoms with Gasteiger partial charge in [-0.3, -0.25) is 4.79 Å². The minimum absolute atomic E-state index is 0. The van der Waals surface area contributed by atoms with Crippen molar-refractivity contribution in [3.05, 3.63) is 35.9 Å². The molecule has 3 N–H and O–H groups in total. The summed E-state index contributed by atoms with van der Waals surface area (Å²) in [7, 11) is 0. The second-order valence-electron chi connectivity index (χ2n) is 6.46. The zero-order chi connectivity index (χ0) is 16.9. The molecule has 136 valence electrons. The summed E-state index contributed by atoms with van der Waals surface area (Å²) >= 11 is 0. The normalized spacial score (nSPS) is 22.8. The molecule has 1 amide bonds. The van der Waals surface area contributed by atoms with E-state index in [1.54, 1.807) is 0 Å². The van der Waals surface area contributed by atoms with Gasteiger partial charge in [0.05, 0.1) is 6.10 Å². The van der Waals surface area contributed by atoms with Crippen LogP contribution in [0, 0.1) is 5.41 Å². The third-order valence-electron chi connectivity index (χ3n) is 5.44. The number of hydrogen-bond donors (Lipinski definition) is 2. The Morgan fingerprint density at radius 3 is 2.46 bits per heavy atom. The quantitative estimate of drug-likeness (QED) is 0.749. The molecule has 0 spiro atoms. The smallest absolute Gasteiger partial charge is 0.222 e. The largest absolute Gasteiger partial charge is 0.378 e. The Balaban J connectivity index is 0.00000288. The first-order valence-corrected chi connectivity index (χ1v) is 8.78. The van der Waals surface area contributed by atoms with E-state index >= 15 is 0 Å². The van der Waals surface area contributed by atoms with Crippen LogP contribution in [0.15, 0.2) is 30.3 Å². The van der Waals surface area contributed by atoms with Crippen molar-refractivity contribution in [1.82, 2.24) is 5.32 Å². The minimum atomic E-state index is -0.253. The lowest BCUT2D eigenvalue weighted by Gasteiger charge is -2.55. The van der Waals surface area contributed by atoms with Crippen molar-refractivity contribution in [2.75, 3.05) is 6.61 Å². The van der Waals surface area contributed by atoms with Gasteiger partial charge in [-0.2, -0.15) is 0 Å². The Bertz CT molecular complexity index is 505. The number of halogens is 1. The molecule has 1 fully saturated rings. The molecule has 0 saturated heterocycles. The highest BCUT2D eigenvalue weighted by Gasteiger charge is 2.53. The van der Waals surface area contributed by atoms with E-state index in [9.17, 15) is 4.79 Å². The lowest BCUT2D eigenvalue weighted by molar-refractivity contribution is -0.148. The van der Waals surface area contributed by atoms with E-state index in [1.165, 1.54) is 0 Å². The fraction of sp³-hybridized carbons (Fsp3) is 0.632. The van der Waals surface area contributed by atoms with Crippen molar-refractivity contribution in [3.63, 3.8) is 0 Å². The molecule has 4 nitrogen and oxygen atoms in total. The molecule has 0 radical (unpaired) electrons. The van der Waals surface area contributed by atoms with E-state index in [0.717, 1.165) is 31.4 Å². The third-order valence-corrected chi connectivity index (χ3v) is 5.44. The summed E-state index contributed by atoms with van der Waals surface area (Å²) in [4.78, 5) is 12.4. The molecule has 0 bridgehead atoms. The number of carbonyl (C=O) groups is 1. The van der Waals surface area contributed by atoms with Crippen LogP contribution >= 0.6 is 12.4 Å². The molecular weight excluding hydrogens is 324 g/mol. The predicted octanol–water partition coefficient (Wildman–Crippen LogP) is 3.60. The Labute approximate surface area is 151 Å². The molecule has 5 heteroatoms. The number of carbonyl (C=O) groups excluding carboxylic acids is 1. The van der Waals surface area contributed by atoms with Crippen molar-refractivity contribution in [2.24, 2.45) is 11.1 Å². The van der Waals surface area contributed by atoms with Gasteiger partial charge >= 0.3 is 0 Å². The van der Waals surface area contributed by atoms with Crippen LogP contribution in [-0.2, 0) is 9.53 Å². The van der Waals surface area contributed by atoms with Crippen molar-refractivity contribution in [1.29, 1.82) is 0 Å². The second kappa shape index (κ2) is 9.40. The minimum Gasteiger partial charge on any atom is -0.378 e. The fourth-order valence-electron chi connectivity index (χ4n) is 3.85. The first-order valence-electron chi connectivity index (χ1n) is 8.78. The number of ether oxygens (including phenoxy) is 1. The van der Waals surface area contributed by atoms with E-state index < -0.39 is 0 Å². The predicted molar refractivity (Wildman–Crippen MR) is 100 cm³/mol. The van der Waals surface area contributed by atoms with Crippen LogP contribution in [0.3, 0.4) is 0 Å². The molecule has 1 aliphatic carbocycles. The Morgan fingerprint density at radius 1 is 1.29 bits per heavy atom. The van der Waals surface area contributed by atoms with Crippen molar-refractivity contribution in [2.45, 2.75) is 64.6 Å². The van der Waals surface area contributed by atoms with Gasteiger partial charge < -0.3 is 15.8 Å². The molecule has 2 rings (SSSR count). The lowest BCUT2D eigenvalue weighted by Crippen LogP contribution is -2.64. The monoisotopic (exact) mass is 354 g/mol. The summed E-state index contributed by atoms with van der Waals surface area (Å²) in [6, 6.07) is 9.73. The maximum Gasteiger partial charge on any atom is 0.222 e. The van der Waals surface area contributed by atoms with E-state index in [0.29, 0.717) is 6.42 Å². The van der Waals surface area contributed by atoms with Crippen LogP contribution in [-0.4, -0.2) is 24.7 Å². The molecule has 0 aromatic heterocycles. The number of amides is 1. The van der Waals surface area contributed by atoms with Crippen LogP contribution in [0.5, 0.6) is 0 Å². The maximum atomic E-state index is 12.4. The Kier molecular flexibility index (Phi) is 8.20. The van der Waals surface area contributed by atoms with Gasteiger partial charge in [0.25, 0.3) is 0 Å². The molecule has 1 saturated carbocycles. The van der Waals surface area contributed by atoms with Crippen molar-refractivity contribution < 1.29 is 9.53 Å². The summed E-state index contributed by atoms with van der Waals surface area (Å²) in [5.74, 6) is 0.0348. The maximum absolute atomic E-state index is 12.4. The molecule has 1 aliphatic rings. The molecule has 3 atom stereocenters. The van der Waals surface area contributed by atoms with Crippen LogP contribution in [0.25, 0.3) is 0 Å². The van der Waals surface area contributed by atoms with Gasteiger partial charge in [0.2, 0.25) is 5.91 Å². The fourth-order valence-corrected chi connectivity index (χ4v) is 3.85. The molecule has 24 heavy (non-hydrogen) atoms. The molecule has 1 aromatic rings. The first-order chi connectivity index (χ1) is 11.1. The standard InChI is InChI=1S/C19H30N2O2.ClH/c1-4-19(5-2)16(13-17(19)23-6-3)21-18(22)12-15(20)14-10-8-7-9-11-14;/h7-11,15-17H,4-6,12-13,20H2,1-3H3,(H,21,22);1H. The highest BCUT2D eigenvalue weighted by Crippen LogP contribution is 2.48. The Morgan fingerprint density at radius 2 is 1.92 bits per heavy atom. The summed E-state index contributed by atoms with van der Waals surface area (Å²) in [5, 5.41) is 3.20. The average Bonchev–Trinajstić information content (AvgIpc) is 2.56. The summed E-state index contributed by atoms with van der Waals surface area (Å²) in [6.07, 6.45) is 3.52. The van der Waals surface area contributed by atoms with Gasteiger partial charge in [-0.25, -0.2) is 0 Å². The number of nitrogens with two attached hydrogens (primary N) is 1. The van der Waals surface area contributed by atoms with Gasteiger partial charge in [0.1, 0.15) is 0 Å². The van der Waals surface area contributed by atoms with E-state index in [-0.39, 0.29) is 41.9 Å². The van der Waals surface area contributed by atoms with Gasteiger partial charge in [-0.05, 0) is 31.7 Å². The molecular formula is C19H31ClN2O2. The van der Waals surface area contributed by atoms with Crippen molar-refractivity contribution in [3.8, 4) is 0 Å². The number of nitrogens with one attached hydrogen (secondary N) is 1. The molecule has 1 aromatic carbocycles. The number of rotatable bonds is 8. The van der Waals surface area contributed by atoms with Crippen LogP contribution in [0.4, 0.5) is 0 Å². The zero-order valence-electron chi connectivity index (χ0n) is 15.0. The highest BCUT2D eigenvalue weighted by molar-refractivity contribution is 5.85. The van der Waals surface area contributed by atoms with Gasteiger partial charge in [-0.1, -0.05) is 44.2 Å². The lowest BCUT2D eigenvalue weighted by atomic mass is 9.58. The van der Waals surface area contributed by atoms with Crippen LogP contribution in [0.2, 0.25) is 0 Å². The van der Waals surface area contributed by atoms with E-state index in [1.807, 2.05) is 37.3 Å². The average molecular weight is 355 g/mol. The van der Waals surface area contributed by atoms with Crippen LogP contribution < -0.4 is 11.1 Å². The SMILES string of the molecule is CCOC1CC(NC(=O)CC(N)c2ccccc2)C1(CC)CC.Cl. The topological polar surface area (TPSA) is 64.3 Å². The molecule has 0 aliphatic heterocycles. The summed E-state index contributed by atoms with van der Waals surface area (Å²) in [5.41, 5.74) is 7.23. The highest BCUT2D eigenvalue weighted by atomic mass is 35.5. The summed E-state index contributed by atoms with van der Waals surface area (Å²) < 4.78 is 5.86. The molecule has 0 heterocycles. The Hall–Kier alpha value is -1.10. The second-order valence-corrected chi connectivity index (χ2v) is 6.46. The number of hydrogen-bond acceptors (Lipinski definition) is 3. The van der Waals surface area contributed by atoms with Gasteiger partial charge in [0.15, 0.2) is 0 Å². The van der Waals surface area contributed by atoms with Gasteiger partial charge in [0, 0.05) is 30.5 Å². The summed E-state index contributed by atoms with van der Waals surface area (Å²) in [6.45, 7) is 7.12. The zero-order valence-corrected chi connectivity index (χ0v) is 15.8. The van der Waals surface area contributed by atoms with E-state index in [2.05, 4.69) is 19.2 Å².